The minimum absolute atomic E-state index is 0. The SMILES string of the molecule is CN1CCC(C23CCC(CC2(C(=O)[O-])c2ccccc2)C3)CC1.Cl. The van der Waals surface area contributed by atoms with Gasteiger partial charge in [0.05, 0.1) is 5.97 Å². The van der Waals surface area contributed by atoms with Crippen LogP contribution in [-0.4, -0.2) is 31.0 Å². The van der Waals surface area contributed by atoms with Crippen LogP contribution in [0.3, 0.4) is 0 Å². The van der Waals surface area contributed by atoms with Gasteiger partial charge in [-0.2, -0.15) is 0 Å². The van der Waals surface area contributed by atoms with E-state index in [0.29, 0.717) is 11.8 Å². The Morgan fingerprint density at radius 1 is 1.12 bits per heavy atom. The van der Waals surface area contributed by atoms with Crippen molar-refractivity contribution in [1.82, 2.24) is 4.90 Å². The molecule has 4 heteroatoms. The zero-order valence-electron chi connectivity index (χ0n) is 14.4. The lowest BCUT2D eigenvalue weighted by molar-refractivity contribution is -0.319. The summed E-state index contributed by atoms with van der Waals surface area (Å²) in [7, 11) is 2.17. The molecule has 0 spiro atoms. The number of piperidine rings is 1. The zero-order valence-corrected chi connectivity index (χ0v) is 15.2. The molecule has 0 N–H and O–H groups in total. The molecular formula is C20H27ClNO2-. The lowest BCUT2D eigenvalue weighted by Crippen LogP contribution is -2.58. The van der Waals surface area contributed by atoms with Crippen molar-refractivity contribution in [3.8, 4) is 0 Å². The van der Waals surface area contributed by atoms with Crippen LogP contribution >= 0.6 is 12.4 Å². The maximum atomic E-state index is 12.5. The molecule has 3 fully saturated rings. The standard InChI is InChI=1S/C20H27NO2.ClH/c1-21-11-8-16(9-12-21)19-10-7-15(13-19)14-20(19,18(22)23)17-5-3-2-4-6-17;/h2-6,15-16H,7-14H2,1H3,(H,22,23);1H/p-1. The molecule has 1 aliphatic heterocycles. The van der Waals surface area contributed by atoms with Crippen molar-refractivity contribution in [3.63, 3.8) is 0 Å². The first kappa shape index (κ1) is 17.8. The Morgan fingerprint density at radius 3 is 2.38 bits per heavy atom. The van der Waals surface area contributed by atoms with Gasteiger partial charge in [-0.3, -0.25) is 0 Å². The van der Waals surface area contributed by atoms with Crippen molar-refractivity contribution in [2.75, 3.05) is 20.1 Å². The van der Waals surface area contributed by atoms with E-state index >= 15 is 0 Å². The maximum absolute atomic E-state index is 12.5. The van der Waals surface area contributed by atoms with Gasteiger partial charge in [-0.15, -0.1) is 12.4 Å². The van der Waals surface area contributed by atoms with Crippen LogP contribution in [0.15, 0.2) is 30.3 Å². The Balaban J connectivity index is 0.00000169. The van der Waals surface area contributed by atoms with E-state index in [4.69, 9.17) is 0 Å². The molecule has 2 aliphatic carbocycles. The quantitative estimate of drug-likeness (QED) is 0.843. The Hall–Kier alpha value is -1.06. The highest BCUT2D eigenvalue weighted by atomic mass is 35.5. The van der Waals surface area contributed by atoms with E-state index in [1.807, 2.05) is 30.3 Å². The molecule has 0 amide bonds. The second-order valence-electron chi connectivity index (χ2n) is 8.11. The Kier molecular flexibility index (Phi) is 4.69. The van der Waals surface area contributed by atoms with E-state index in [9.17, 15) is 9.90 Å². The van der Waals surface area contributed by atoms with Crippen molar-refractivity contribution in [1.29, 1.82) is 0 Å². The van der Waals surface area contributed by atoms with Gasteiger partial charge in [0.15, 0.2) is 0 Å². The first-order valence-electron chi connectivity index (χ1n) is 9.04. The molecule has 1 heterocycles. The predicted molar refractivity (Wildman–Crippen MR) is 95.0 cm³/mol. The number of hydrogen-bond acceptors (Lipinski definition) is 3. The number of benzene rings is 1. The lowest BCUT2D eigenvalue weighted by atomic mass is 9.53. The van der Waals surface area contributed by atoms with E-state index in [2.05, 4.69) is 11.9 Å². The van der Waals surface area contributed by atoms with Gasteiger partial charge in [-0.05, 0) is 81.5 Å². The zero-order chi connectivity index (χ0) is 16.1. The molecule has 1 aromatic rings. The summed E-state index contributed by atoms with van der Waals surface area (Å²) < 4.78 is 0. The van der Waals surface area contributed by atoms with Gasteiger partial charge in [0.1, 0.15) is 0 Å². The van der Waals surface area contributed by atoms with E-state index in [-0.39, 0.29) is 17.8 Å². The highest BCUT2D eigenvalue weighted by Crippen LogP contribution is 2.69. The fourth-order valence-corrected chi connectivity index (χ4v) is 6.19. The molecule has 0 radical (unpaired) electrons. The van der Waals surface area contributed by atoms with Crippen molar-refractivity contribution >= 4 is 18.4 Å². The van der Waals surface area contributed by atoms with Crippen molar-refractivity contribution in [2.24, 2.45) is 17.3 Å². The third kappa shape index (κ3) is 2.32. The number of carboxylic acids is 1. The predicted octanol–water partition coefficient (Wildman–Crippen LogP) is 2.63. The molecule has 3 unspecified atom stereocenters. The molecular weight excluding hydrogens is 322 g/mol. The van der Waals surface area contributed by atoms with Gasteiger partial charge in [-0.25, -0.2) is 0 Å². The minimum atomic E-state index is -0.829. The Bertz CT molecular complexity index is 599. The Morgan fingerprint density at radius 2 is 1.79 bits per heavy atom. The third-order valence-corrected chi connectivity index (χ3v) is 7.21. The summed E-state index contributed by atoms with van der Waals surface area (Å²) in [6.07, 6.45) is 6.40. The van der Waals surface area contributed by atoms with Gasteiger partial charge in [0, 0.05) is 5.41 Å². The molecule has 1 aromatic carbocycles. The summed E-state index contributed by atoms with van der Waals surface area (Å²) in [6.45, 7) is 2.18. The molecule has 132 valence electrons. The number of nitrogens with zero attached hydrogens (tertiary/aromatic N) is 1. The molecule has 4 rings (SSSR count). The van der Waals surface area contributed by atoms with Crippen LogP contribution < -0.4 is 5.11 Å². The first-order chi connectivity index (χ1) is 11.1. The fraction of sp³-hybridized carbons (Fsp3) is 0.650. The summed E-state index contributed by atoms with van der Waals surface area (Å²) in [5.74, 6) is 0.252. The van der Waals surface area contributed by atoms with Gasteiger partial charge >= 0.3 is 0 Å². The average Bonchev–Trinajstić information content (AvgIpc) is 3.14. The van der Waals surface area contributed by atoms with Gasteiger partial charge < -0.3 is 14.8 Å². The number of carbonyl (C=O) groups excluding carboxylic acids is 1. The van der Waals surface area contributed by atoms with Crippen LogP contribution in [0.4, 0.5) is 0 Å². The van der Waals surface area contributed by atoms with E-state index < -0.39 is 11.4 Å². The van der Waals surface area contributed by atoms with Crippen LogP contribution in [0.1, 0.15) is 44.1 Å². The molecule has 2 bridgehead atoms. The molecule has 24 heavy (non-hydrogen) atoms. The highest BCUT2D eigenvalue weighted by molar-refractivity contribution is 5.85. The summed E-state index contributed by atoms with van der Waals surface area (Å²) in [4.78, 5) is 14.9. The summed E-state index contributed by atoms with van der Waals surface area (Å²) in [5.41, 5.74) is 0.137. The van der Waals surface area contributed by atoms with Crippen molar-refractivity contribution in [3.05, 3.63) is 35.9 Å². The summed E-state index contributed by atoms with van der Waals surface area (Å²) >= 11 is 0. The number of aliphatic carboxylic acids is 1. The number of carbonyl (C=O) groups is 1. The monoisotopic (exact) mass is 348 g/mol. The van der Waals surface area contributed by atoms with Gasteiger partial charge in [0.2, 0.25) is 0 Å². The van der Waals surface area contributed by atoms with Crippen molar-refractivity contribution < 1.29 is 9.90 Å². The summed E-state index contributed by atoms with van der Waals surface area (Å²) in [6, 6.07) is 9.98. The van der Waals surface area contributed by atoms with Gasteiger partial charge in [-0.1, -0.05) is 30.3 Å². The molecule has 3 atom stereocenters. The smallest absolute Gasteiger partial charge is 0.0526 e. The van der Waals surface area contributed by atoms with E-state index in [0.717, 1.165) is 50.8 Å². The van der Waals surface area contributed by atoms with Crippen LogP contribution in [0.2, 0.25) is 0 Å². The van der Waals surface area contributed by atoms with E-state index in [1.165, 1.54) is 6.42 Å². The summed E-state index contributed by atoms with van der Waals surface area (Å²) in [5, 5.41) is 12.5. The van der Waals surface area contributed by atoms with Crippen LogP contribution in [0, 0.1) is 17.3 Å². The molecule has 0 aromatic heterocycles. The molecule has 3 aliphatic rings. The molecule has 1 saturated heterocycles. The highest BCUT2D eigenvalue weighted by Gasteiger charge is 2.65. The number of fused-ring (bicyclic) bond motifs is 2. The van der Waals surface area contributed by atoms with Crippen LogP contribution in [0.5, 0.6) is 0 Å². The second-order valence-corrected chi connectivity index (χ2v) is 8.11. The van der Waals surface area contributed by atoms with Crippen LogP contribution in [0.25, 0.3) is 0 Å². The first-order valence-corrected chi connectivity index (χ1v) is 9.04. The topological polar surface area (TPSA) is 43.4 Å². The number of likely N-dealkylation sites (tertiary alicyclic amines) is 1. The fourth-order valence-electron chi connectivity index (χ4n) is 6.19. The normalized spacial score (nSPS) is 36.5. The van der Waals surface area contributed by atoms with Crippen molar-refractivity contribution in [2.45, 2.75) is 43.9 Å². The largest absolute Gasteiger partial charge is 0.549 e. The second kappa shape index (κ2) is 6.34. The third-order valence-electron chi connectivity index (χ3n) is 7.21. The number of carboxylic acid groups (broad SMARTS) is 1. The number of hydrogen-bond donors (Lipinski definition) is 0. The minimum Gasteiger partial charge on any atom is -0.549 e. The molecule has 3 nitrogen and oxygen atoms in total. The van der Waals surface area contributed by atoms with Gasteiger partial charge in [0.25, 0.3) is 0 Å². The Labute approximate surface area is 150 Å². The molecule has 2 saturated carbocycles. The average molecular weight is 349 g/mol. The maximum Gasteiger partial charge on any atom is 0.0526 e. The van der Waals surface area contributed by atoms with E-state index in [1.54, 1.807) is 0 Å². The van der Waals surface area contributed by atoms with Crippen LogP contribution in [-0.2, 0) is 10.2 Å². The number of halogens is 1. The number of rotatable bonds is 3. The lowest BCUT2D eigenvalue weighted by Gasteiger charge is -2.54.